The average molecular weight is 344 g/mol. The van der Waals surface area contributed by atoms with Crippen LogP contribution in [-0.4, -0.2) is 36.4 Å². The van der Waals surface area contributed by atoms with Gasteiger partial charge in [-0.25, -0.2) is 8.42 Å². The van der Waals surface area contributed by atoms with Gasteiger partial charge >= 0.3 is 0 Å². The Kier molecular flexibility index (Phi) is 4.41. The minimum Gasteiger partial charge on any atom is -0.346 e. The highest BCUT2D eigenvalue weighted by Crippen LogP contribution is 2.23. The molecule has 1 N–H and O–H groups in total. The standard InChI is InChI=1S/C18H20N2O3S/c1-18(8-10-24(22,23)13-18)20-17(21)15-7-9-19-16(12-15)11-14-5-3-2-4-6-14/h2-7,9,12H,8,10-11,13H2,1H3,(H,20,21)/t18-/m1/s1. The molecule has 1 atom stereocenters. The molecule has 0 spiro atoms. The van der Waals surface area contributed by atoms with Crippen LogP contribution >= 0.6 is 0 Å². The summed E-state index contributed by atoms with van der Waals surface area (Å²) in [4.78, 5) is 16.8. The first-order valence-corrected chi connectivity index (χ1v) is 9.69. The van der Waals surface area contributed by atoms with Crippen molar-refractivity contribution in [1.29, 1.82) is 0 Å². The van der Waals surface area contributed by atoms with Crippen LogP contribution in [0.5, 0.6) is 0 Å². The highest BCUT2D eigenvalue weighted by atomic mass is 32.2. The zero-order chi connectivity index (χ0) is 17.2. The third-order valence-electron chi connectivity index (χ3n) is 4.23. The zero-order valence-corrected chi connectivity index (χ0v) is 14.3. The number of nitrogens with zero attached hydrogens (tertiary/aromatic N) is 1. The minimum absolute atomic E-state index is 0.00625. The van der Waals surface area contributed by atoms with E-state index in [-0.39, 0.29) is 17.4 Å². The minimum atomic E-state index is -3.06. The number of carbonyl (C=O) groups is 1. The first-order valence-electron chi connectivity index (χ1n) is 7.87. The molecular weight excluding hydrogens is 324 g/mol. The second-order valence-electron chi connectivity index (χ2n) is 6.56. The van der Waals surface area contributed by atoms with E-state index in [1.807, 2.05) is 30.3 Å². The van der Waals surface area contributed by atoms with Crippen molar-refractivity contribution < 1.29 is 13.2 Å². The molecule has 0 aliphatic carbocycles. The van der Waals surface area contributed by atoms with Crippen LogP contribution in [0.4, 0.5) is 0 Å². The molecule has 2 aromatic rings. The number of benzene rings is 1. The molecule has 0 radical (unpaired) electrons. The van der Waals surface area contributed by atoms with Gasteiger partial charge < -0.3 is 5.32 Å². The maximum Gasteiger partial charge on any atom is 0.251 e. The molecule has 24 heavy (non-hydrogen) atoms. The Hall–Kier alpha value is -2.21. The summed E-state index contributed by atoms with van der Waals surface area (Å²) >= 11 is 0. The number of pyridine rings is 1. The van der Waals surface area contributed by atoms with Crippen molar-refractivity contribution in [2.75, 3.05) is 11.5 Å². The Labute approximate surface area is 142 Å². The van der Waals surface area contributed by atoms with Crippen LogP contribution in [-0.2, 0) is 16.3 Å². The fraction of sp³-hybridized carbons (Fsp3) is 0.333. The lowest BCUT2D eigenvalue weighted by Crippen LogP contribution is -2.46. The van der Waals surface area contributed by atoms with Crippen LogP contribution in [0.1, 0.15) is 35.0 Å². The molecule has 1 aliphatic rings. The van der Waals surface area contributed by atoms with E-state index in [9.17, 15) is 13.2 Å². The molecule has 3 rings (SSSR count). The number of aromatic nitrogens is 1. The normalized spacial score (nSPS) is 22.2. The number of carbonyl (C=O) groups excluding carboxylic acids is 1. The number of nitrogens with one attached hydrogen (secondary N) is 1. The Morgan fingerprint density at radius 2 is 2.00 bits per heavy atom. The predicted molar refractivity (Wildman–Crippen MR) is 92.6 cm³/mol. The van der Waals surface area contributed by atoms with Crippen molar-refractivity contribution in [2.45, 2.75) is 25.3 Å². The van der Waals surface area contributed by atoms with Crippen LogP contribution in [0.2, 0.25) is 0 Å². The second kappa shape index (κ2) is 6.36. The molecule has 1 aromatic carbocycles. The molecule has 5 nitrogen and oxygen atoms in total. The van der Waals surface area contributed by atoms with E-state index in [0.717, 1.165) is 11.3 Å². The summed E-state index contributed by atoms with van der Waals surface area (Å²) < 4.78 is 23.3. The van der Waals surface area contributed by atoms with Gasteiger partial charge in [-0.05, 0) is 31.0 Å². The first kappa shape index (κ1) is 16.6. The summed E-state index contributed by atoms with van der Waals surface area (Å²) in [6, 6.07) is 13.3. The summed E-state index contributed by atoms with van der Waals surface area (Å²) in [5.74, 6) is -0.140. The predicted octanol–water partition coefficient (Wildman–Crippen LogP) is 1.98. The SMILES string of the molecule is C[C@@]1(NC(=O)c2ccnc(Cc3ccccc3)c2)CCS(=O)(=O)C1. The number of sulfone groups is 1. The summed E-state index contributed by atoms with van der Waals surface area (Å²) in [6.07, 6.45) is 2.71. The van der Waals surface area contributed by atoms with Crippen molar-refractivity contribution >= 4 is 15.7 Å². The molecule has 1 aromatic heterocycles. The van der Waals surface area contributed by atoms with Gasteiger partial charge in [-0.15, -0.1) is 0 Å². The average Bonchev–Trinajstić information content (AvgIpc) is 2.82. The fourth-order valence-electron chi connectivity index (χ4n) is 2.98. The highest BCUT2D eigenvalue weighted by Gasteiger charge is 2.39. The molecule has 2 heterocycles. The van der Waals surface area contributed by atoms with Crippen LogP contribution < -0.4 is 5.32 Å². The molecule has 126 valence electrons. The van der Waals surface area contributed by atoms with Crippen molar-refractivity contribution in [1.82, 2.24) is 10.3 Å². The molecule has 6 heteroatoms. The Morgan fingerprint density at radius 3 is 2.67 bits per heavy atom. The summed E-state index contributed by atoms with van der Waals surface area (Å²) in [7, 11) is -3.06. The van der Waals surface area contributed by atoms with Gasteiger partial charge in [0.05, 0.1) is 17.0 Å². The van der Waals surface area contributed by atoms with E-state index < -0.39 is 15.4 Å². The maximum absolute atomic E-state index is 12.5. The van der Waals surface area contributed by atoms with Gasteiger partial charge in [0, 0.05) is 23.9 Å². The molecule has 1 saturated heterocycles. The van der Waals surface area contributed by atoms with Crippen LogP contribution in [0.15, 0.2) is 48.7 Å². The van der Waals surface area contributed by atoms with Crippen molar-refractivity contribution in [3.63, 3.8) is 0 Å². The van der Waals surface area contributed by atoms with Crippen molar-refractivity contribution in [3.05, 3.63) is 65.5 Å². The van der Waals surface area contributed by atoms with Gasteiger partial charge in [0.25, 0.3) is 5.91 Å². The molecule has 1 amide bonds. The van der Waals surface area contributed by atoms with Gasteiger partial charge in [0.15, 0.2) is 9.84 Å². The Bertz CT molecular complexity index is 850. The van der Waals surface area contributed by atoms with Crippen molar-refractivity contribution in [3.8, 4) is 0 Å². The smallest absolute Gasteiger partial charge is 0.251 e. The molecule has 1 aliphatic heterocycles. The van der Waals surface area contributed by atoms with Crippen molar-refractivity contribution in [2.24, 2.45) is 0 Å². The monoisotopic (exact) mass is 344 g/mol. The lowest BCUT2D eigenvalue weighted by atomic mass is 10.0. The van der Waals surface area contributed by atoms with Crippen LogP contribution in [0.3, 0.4) is 0 Å². The van der Waals surface area contributed by atoms with E-state index in [4.69, 9.17) is 0 Å². The van der Waals surface area contributed by atoms with Crippen LogP contribution in [0.25, 0.3) is 0 Å². The van der Waals surface area contributed by atoms with E-state index in [1.54, 1.807) is 25.3 Å². The fourth-order valence-corrected chi connectivity index (χ4v) is 5.07. The van der Waals surface area contributed by atoms with Gasteiger partial charge in [-0.2, -0.15) is 0 Å². The van der Waals surface area contributed by atoms with E-state index in [0.29, 0.717) is 18.4 Å². The largest absolute Gasteiger partial charge is 0.346 e. The number of hydrogen-bond donors (Lipinski definition) is 1. The van der Waals surface area contributed by atoms with Gasteiger partial charge in [-0.3, -0.25) is 9.78 Å². The molecular formula is C18H20N2O3S. The summed E-state index contributed by atoms with van der Waals surface area (Å²) in [5, 5.41) is 2.87. The van der Waals surface area contributed by atoms with Gasteiger partial charge in [0.1, 0.15) is 0 Å². The van der Waals surface area contributed by atoms with E-state index in [2.05, 4.69) is 10.3 Å². The van der Waals surface area contributed by atoms with E-state index in [1.165, 1.54) is 0 Å². The lowest BCUT2D eigenvalue weighted by Gasteiger charge is -2.23. The number of amides is 1. The summed E-state index contributed by atoms with van der Waals surface area (Å²) in [5.41, 5.74) is 1.73. The lowest BCUT2D eigenvalue weighted by molar-refractivity contribution is 0.0915. The highest BCUT2D eigenvalue weighted by molar-refractivity contribution is 7.91. The quantitative estimate of drug-likeness (QED) is 0.920. The van der Waals surface area contributed by atoms with Gasteiger partial charge in [0.2, 0.25) is 0 Å². The zero-order valence-electron chi connectivity index (χ0n) is 13.5. The number of hydrogen-bond acceptors (Lipinski definition) is 4. The third-order valence-corrected chi connectivity index (χ3v) is 6.13. The third kappa shape index (κ3) is 4.00. The Morgan fingerprint density at radius 1 is 1.25 bits per heavy atom. The van der Waals surface area contributed by atoms with Gasteiger partial charge in [-0.1, -0.05) is 30.3 Å². The molecule has 1 fully saturated rings. The Balaban J connectivity index is 1.73. The topological polar surface area (TPSA) is 76.1 Å². The molecule has 0 unspecified atom stereocenters. The maximum atomic E-state index is 12.5. The van der Waals surface area contributed by atoms with Crippen LogP contribution in [0, 0.1) is 0 Å². The molecule has 0 bridgehead atoms. The summed E-state index contributed by atoms with van der Waals surface area (Å²) in [6.45, 7) is 1.78. The first-order chi connectivity index (χ1) is 11.4. The molecule has 0 saturated carbocycles. The van der Waals surface area contributed by atoms with E-state index >= 15 is 0 Å². The second-order valence-corrected chi connectivity index (χ2v) is 8.74. The number of rotatable bonds is 4.